The summed E-state index contributed by atoms with van der Waals surface area (Å²) in [6.07, 6.45) is 0.484. The number of amides is 1. The Hall–Kier alpha value is -1.19. The number of aliphatic hydroxyl groups is 1. The van der Waals surface area contributed by atoms with E-state index in [0.717, 1.165) is 6.26 Å². The first-order valence-electron chi connectivity index (χ1n) is 7.54. The second-order valence-corrected chi connectivity index (χ2v) is 7.80. The summed E-state index contributed by atoms with van der Waals surface area (Å²) in [6, 6.07) is 6.58. The minimum Gasteiger partial charge on any atom is -0.394 e. The van der Waals surface area contributed by atoms with Gasteiger partial charge in [-0.15, -0.1) is 0 Å². The highest BCUT2D eigenvalue weighted by Gasteiger charge is 2.36. The molecule has 1 heterocycles. The molecule has 0 saturated carbocycles. The summed E-state index contributed by atoms with van der Waals surface area (Å²) in [6.45, 7) is 0.427. The van der Waals surface area contributed by atoms with Gasteiger partial charge in [-0.3, -0.25) is 4.79 Å². The number of nitrogens with one attached hydrogen (secondary N) is 1. The van der Waals surface area contributed by atoms with E-state index in [9.17, 15) is 18.3 Å². The molecule has 2 rings (SSSR count). The van der Waals surface area contributed by atoms with Crippen LogP contribution >= 0.6 is 11.6 Å². The van der Waals surface area contributed by atoms with Crippen molar-refractivity contribution < 1.29 is 23.1 Å². The molecule has 1 aliphatic rings. The summed E-state index contributed by atoms with van der Waals surface area (Å²) in [7, 11) is -3.34. The van der Waals surface area contributed by atoms with Gasteiger partial charge in [0.25, 0.3) is 0 Å². The van der Waals surface area contributed by atoms with E-state index in [0.29, 0.717) is 23.7 Å². The van der Waals surface area contributed by atoms with Crippen molar-refractivity contribution in [3.63, 3.8) is 0 Å². The molecule has 1 amide bonds. The minimum absolute atomic E-state index is 0.0200. The number of morpholine rings is 1. The summed E-state index contributed by atoms with van der Waals surface area (Å²) >= 11 is 6.25. The maximum atomic E-state index is 12.6. The van der Waals surface area contributed by atoms with Crippen LogP contribution in [0, 0.1) is 0 Å². The molecule has 24 heavy (non-hydrogen) atoms. The average molecular weight is 377 g/mol. The van der Waals surface area contributed by atoms with E-state index in [4.69, 9.17) is 16.3 Å². The lowest BCUT2D eigenvalue weighted by Crippen LogP contribution is -2.50. The van der Waals surface area contributed by atoms with E-state index in [2.05, 4.69) is 4.72 Å². The fraction of sp³-hybridized carbons (Fsp3) is 0.533. The number of hydrogen-bond acceptors (Lipinski definition) is 5. The van der Waals surface area contributed by atoms with Crippen LogP contribution in [0.5, 0.6) is 0 Å². The fourth-order valence-corrected chi connectivity index (χ4v) is 3.46. The van der Waals surface area contributed by atoms with E-state index in [1.807, 2.05) is 0 Å². The Morgan fingerprint density at radius 3 is 2.79 bits per heavy atom. The monoisotopic (exact) mass is 376 g/mol. The fourth-order valence-electron chi connectivity index (χ4n) is 2.74. The van der Waals surface area contributed by atoms with Gasteiger partial charge >= 0.3 is 0 Å². The lowest BCUT2D eigenvalue weighted by Gasteiger charge is -2.41. The quantitative estimate of drug-likeness (QED) is 0.755. The maximum absolute atomic E-state index is 12.6. The van der Waals surface area contributed by atoms with Gasteiger partial charge in [0.15, 0.2) is 0 Å². The molecule has 0 aromatic heterocycles. The Morgan fingerprint density at radius 2 is 2.17 bits per heavy atom. The molecule has 1 fully saturated rings. The van der Waals surface area contributed by atoms with Crippen LogP contribution in [-0.4, -0.2) is 63.0 Å². The predicted octanol–water partition coefficient (Wildman–Crippen LogP) is 0.540. The van der Waals surface area contributed by atoms with Crippen molar-refractivity contribution in [1.29, 1.82) is 0 Å². The molecule has 1 aromatic carbocycles. The third kappa shape index (κ3) is 4.90. The lowest BCUT2D eigenvalue weighted by molar-refractivity contribution is -0.149. The number of rotatable bonds is 6. The second-order valence-electron chi connectivity index (χ2n) is 5.56. The number of carbonyl (C=O) groups is 1. The van der Waals surface area contributed by atoms with Crippen molar-refractivity contribution in [2.75, 3.05) is 32.6 Å². The van der Waals surface area contributed by atoms with Crippen molar-refractivity contribution in [1.82, 2.24) is 9.62 Å². The van der Waals surface area contributed by atoms with Gasteiger partial charge in [0.2, 0.25) is 15.9 Å². The summed E-state index contributed by atoms with van der Waals surface area (Å²) in [4.78, 5) is 14.1. The largest absolute Gasteiger partial charge is 0.394 e. The third-order valence-corrected chi connectivity index (χ3v) is 4.85. The Labute approximate surface area is 146 Å². The molecule has 0 bridgehead atoms. The van der Waals surface area contributed by atoms with Crippen molar-refractivity contribution in [3.05, 3.63) is 34.9 Å². The smallest absolute Gasteiger partial charge is 0.224 e. The normalized spacial score (nSPS) is 21.7. The molecule has 0 unspecified atom stereocenters. The van der Waals surface area contributed by atoms with Gasteiger partial charge in [-0.2, -0.15) is 0 Å². The highest BCUT2D eigenvalue weighted by atomic mass is 35.5. The Morgan fingerprint density at radius 1 is 1.46 bits per heavy atom. The highest BCUT2D eigenvalue weighted by Crippen LogP contribution is 2.34. The number of carbonyl (C=O) groups excluding carboxylic acids is 1. The van der Waals surface area contributed by atoms with Gasteiger partial charge < -0.3 is 14.7 Å². The zero-order valence-electron chi connectivity index (χ0n) is 13.3. The van der Waals surface area contributed by atoms with E-state index in [1.165, 1.54) is 0 Å². The molecule has 7 nitrogen and oxygen atoms in total. The van der Waals surface area contributed by atoms with E-state index < -0.39 is 22.2 Å². The van der Waals surface area contributed by atoms with Gasteiger partial charge in [0.05, 0.1) is 25.5 Å². The molecule has 9 heteroatoms. The van der Waals surface area contributed by atoms with Gasteiger partial charge in [-0.1, -0.05) is 29.8 Å². The number of benzene rings is 1. The van der Waals surface area contributed by atoms with Gasteiger partial charge in [0, 0.05) is 24.5 Å². The summed E-state index contributed by atoms with van der Waals surface area (Å²) < 4.78 is 30.1. The van der Waals surface area contributed by atoms with E-state index >= 15 is 0 Å². The van der Waals surface area contributed by atoms with E-state index in [-0.39, 0.29) is 25.5 Å². The summed E-state index contributed by atoms with van der Waals surface area (Å²) in [5, 5.41) is 10.1. The SMILES string of the molecule is CS(=O)(=O)NCCC(=O)N1CCO[C@@H](CO)[C@@H]1c1ccccc1Cl. The topological polar surface area (TPSA) is 95.9 Å². The zero-order chi connectivity index (χ0) is 17.7. The summed E-state index contributed by atoms with van der Waals surface area (Å²) in [5.74, 6) is -0.224. The molecular formula is C15H21ClN2O5S. The number of nitrogens with zero attached hydrogens (tertiary/aromatic N) is 1. The second kappa shape index (κ2) is 8.26. The van der Waals surface area contributed by atoms with Crippen LogP contribution in [0.4, 0.5) is 0 Å². The molecule has 2 N–H and O–H groups in total. The summed E-state index contributed by atoms with van der Waals surface area (Å²) in [5.41, 5.74) is 0.697. The molecule has 0 spiro atoms. The van der Waals surface area contributed by atoms with Gasteiger partial charge in [0.1, 0.15) is 6.10 Å². The Balaban J connectivity index is 2.19. The zero-order valence-corrected chi connectivity index (χ0v) is 14.9. The molecular weight excluding hydrogens is 356 g/mol. The van der Waals surface area contributed by atoms with Crippen LogP contribution < -0.4 is 4.72 Å². The third-order valence-electron chi connectivity index (χ3n) is 3.78. The predicted molar refractivity (Wildman–Crippen MR) is 90.2 cm³/mol. The molecule has 2 atom stereocenters. The first kappa shape index (κ1) is 19.1. The number of aliphatic hydroxyl groups excluding tert-OH is 1. The highest BCUT2D eigenvalue weighted by molar-refractivity contribution is 7.88. The van der Waals surface area contributed by atoms with Crippen molar-refractivity contribution in [2.24, 2.45) is 0 Å². The van der Waals surface area contributed by atoms with Crippen molar-refractivity contribution in [2.45, 2.75) is 18.6 Å². The van der Waals surface area contributed by atoms with Crippen molar-refractivity contribution in [3.8, 4) is 0 Å². The molecule has 0 radical (unpaired) electrons. The molecule has 1 aromatic rings. The Kier molecular flexibility index (Phi) is 6.59. The number of halogens is 1. The molecule has 1 saturated heterocycles. The lowest BCUT2D eigenvalue weighted by atomic mass is 9.97. The van der Waals surface area contributed by atoms with Crippen molar-refractivity contribution >= 4 is 27.5 Å². The molecule has 1 aliphatic heterocycles. The van der Waals surface area contributed by atoms with E-state index in [1.54, 1.807) is 29.2 Å². The van der Waals surface area contributed by atoms with Gasteiger partial charge in [-0.05, 0) is 11.6 Å². The van der Waals surface area contributed by atoms with Crippen LogP contribution in [0.15, 0.2) is 24.3 Å². The van der Waals surface area contributed by atoms with Crippen LogP contribution in [0.2, 0.25) is 5.02 Å². The van der Waals surface area contributed by atoms with Crippen LogP contribution in [0.1, 0.15) is 18.0 Å². The number of ether oxygens (including phenoxy) is 1. The average Bonchev–Trinajstić information content (AvgIpc) is 2.53. The minimum atomic E-state index is -3.34. The first-order chi connectivity index (χ1) is 11.3. The molecule has 134 valence electrons. The number of sulfonamides is 1. The Bertz CT molecular complexity index is 682. The van der Waals surface area contributed by atoms with Gasteiger partial charge in [-0.25, -0.2) is 13.1 Å². The number of hydrogen-bond donors (Lipinski definition) is 2. The standard InChI is InChI=1S/C15H21ClN2O5S/c1-24(21,22)17-7-6-14(20)18-8-9-23-13(10-19)15(18)11-4-2-3-5-12(11)16/h2-5,13,15,17,19H,6-10H2,1H3/t13-,15-/m0/s1. The molecule has 0 aliphatic carbocycles. The maximum Gasteiger partial charge on any atom is 0.224 e. The van der Waals surface area contributed by atoms with Crippen LogP contribution in [0.25, 0.3) is 0 Å². The van der Waals surface area contributed by atoms with Crippen LogP contribution in [-0.2, 0) is 19.6 Å². The first-order valence-corrected chi connectivity index (χ1v) is 9.81. The van der Waals surface area contributed by atoms with Crippen LogP contribution in [0.3, 0.4) is 0 Å².